The Hall–Kier alpha value is -0.0400. The molecular formula is C10H27N. The summed E-state index contributed by atoms with van der Waals surface area (Å²) in [5.41, 5.74) is 0. The molecule has 1 N–H and O–H groups in total. The first-order chi connectivity index (χ1) is 5.27. The molecule has 1 nitrogen and oxygen atoms in total. The molecule has 0 amide bonds. The smallest absolute Gasteiger partial charge is 0.00103 e. The molecule has 0 fully saturated rings. The molecule has 0 saturated heterocycles. The zero-order valence-electron chi connectivity index (χ0n) is 9.49. The lowest BCUT2D eigenvalue weighted by Gasteiger charge is -2.03. The number of hydrogen-bond donors (Lipinski definition) is 1. The van der Waals surface area contributed by atoms with Gasteiger partial charge in [-0.2, -0.15) is 0 Å². The lowest BCUT2D eigenvalue weighted by molar-refractivity contribution is 0.584. The van der Waals surface area contributed by atoms with Crippen LogP contribution in [0.25, 0.3) is 0 Å². The van der Waals surface area contributed by atoms with Crippen LogP contribution in [0.4, 0.5) is 0 Å². The summed E-state index contributed by atoms with van der Waals surface area (Å²) in [6.45, 7) is 15.7. The second-order valence-electron chi connectivity index (χ2n) is 2.11. The van der Waals surface area contributed by atoms with Gasteiger partial charge in [0, 0.05) is 6.04 Å². The molecule has 11 heavy (non-hydrogen) atoms. The molecule has 0 aromatic heterocycles. The Bertz CT molecular complexity index is 33.9. The van der Waals surface area contributed by atoms with Crippen LogP contribution in [-0.2, 0) is 0 Å². The molecule has 0 heterocycles. The summed E-state index contributed by atoms with van der Waals surface area (Å²) < 4.78 is 0. The molecule has 0 unspecified atom stereocenters. The molecule has 0 aliphatic rings. The fourth-order valence-electron chi connectivity index (χ4n) is 0.433. The summed E-state index contributed by atoms with van der Waals surface area (Å²) in [5, 5.41) is 3.30. The van der Waals surface area contributed by atoms with Crippen LogP contribution >= 0.6 is 0 Å². The maximum atomic E-state index is 3.30. The average Bonchev–Trinajstić information content (AvgIpc) is 2.08. The van der Waals surface area contributed by atoms with E-state index in [1.165, 1.54) is 6.42 Å². The molecule has 0 saturated carbocycles. The third-order valence-corrected chi connectivity index (χ3v) is 0.803. The van der Waals surface area contributed by atoms with Crippen molar-refractivity contribution in [1.29, 1.82) is 0 Å². The Balaban J connectivity index is -0.000000138. The Labute approximate surface area is 73.6 Å². The first-order valence-electron chi connectivity index (χ1n) is 5.00. The van der Waals surface area contributed by atoms with Crippen LogP contribution in [0.2, 0.25) is 0 Å². The molecule has 0 rings (SSSR count). The van der Waals surface area contributed by atoms with Gasteiger partial charge in [-0.1, -0.05) is 48.5 Å². The van der Waals surface area contributed by atoms with Gasteiger partial charge in [-0.3, -0.25) is 0 Å². The second-order valence-corrected chi connectivity index (χ2v) is 2.11. The molecule has 0 aromatic rings. The van der Waals surface area contributed by atoms with Gasteiger partial charge < -0.3 is 5.32 Å². The van der Waals surface area contributed by atoms with Crippen LogP contribution in [0.1, 0.15) is 54.9 Å². The summed E-state index contributed by atoms with van der Waals surface area (Å²) >= 11 is 0. The van der Waals surface area contributed by atoms with E-state index in [1.54, 1.807) is 0 Å². The molecule has 0 bridgehead atoms. The predicted octanol–water partition coefficient (Wildman–Crippen LogP) is 3.45. The minimum atomic E-state index is 0.653. The minimum absolute atomic E-state index is 0.653. The van der Waals surface area contributed by atoms with E-state index in [4.69, 9.17) is 0 Å². The molecule has 0 aromatic carbocycles. The summed E-state index contributed by atoms with van der Waals surface area (Å²) in [6.07, 6.45) is 1.23. The third-order valence-electron chi connectivity index (χ3n) is 0.803. The summed E-state index contributed by atoms with van der Waals surface area (Å²) in [7, 11) is 0. The van der Waals surface area contributed by atoms with E-state index in [0.29, 0.717) is 6.04 Å². The van der Waals surface area contributed by atoms with Gasteiger partial charge in [0.2, 0.25) is 0 Å². The van der Waals surface area contributed by atoms with E-state index in [0.717, 1.165) is 6.54 Å². The highest BCUT2D eigenvalue weighted by molar-refractivity contribution is 4.48. The van der Waals surface area contributed by atoms with E-state index < -0.39 is 0 Å². The summed E-state index contributed by atoms with van der Waals surface area (Å²) in [5.74, 6) is 0. The summed E-state index contributed by atoms with van der Waals surface area (Å²) in [6, 6.07) is 0.653. The lowest BCUT2D eigenvalue weighted by Crippen LogP contribution is -2.22. The Morgan fingerprint density at radius 2 is 1.36 bits per heavy atom. The van der Waals surface area contributed by atoms with E-state index >= 15 is 0 Å². The van der Waals surface area contributed by atoms with Crippen molar-refractivity contribution in [2.24, 2.45) is 0 Å². The van der Waals surface area contributed by atoms with Gasteiger partial charge in [0.25, 0.3) is 0 Å². The quantitative estimate of drug-likeness (QED) is 0.668. The first kappa shape index (κ1) is 17.2. The molecule has 72 valence electrons. The molecule has 0 aliphatic carbocycles. The van der Waals surface area contributed by atoms with Crippen molar-refractivity contribution >= 4 is 0 Å². The van der Waals surface area contributed by atoms with Crippen LogP contribution in [0.5, 0.6) is 0 Å². The van der Waals surface area contributed by atoms with Gasteiger partial charge in [0.15, 0.2) is 0 Å². The average molecular weight is 161 g/mol. The molecule has 0 radical (unpaired) electrons. The van der Waals surface area contributed by atoms with E-state index in [1.807, 2.05) is 27.7 Å². The van der Waals surface area contributed by atoms with Gasteiger partial charge in [-0.25, -0.2) is 0 Å². The standard InChI is InChI=1S/C6H15N.2C2H6/c1-4-5-7-6(2)3;2*1-2/h6-7H,4-5H2,1-3H3;2*1-2H3. The van der Waals surface area contributed by atoms with Crippen molar-refractivity contribution in [2.75, 3.05) is 6.54 Å². The maximum absolute atomic E-state index is 3.30. The van der Waals surface area contributed by atoms with Gasteiger partial charge >= 0.3 is 0 Å². The number of hydrogen-bond acceptors (Lipinski definition) is 1. The van der Waals surface area contributed by atoms with E-state index in [-0.39, 0.29) is 0 Å². The fraction of sp³-hybridized carbons (Fsp3) is 1.00. The number of nitrogens with one attached hydrogen (secondary N) is 1. The topological polar surface area (TPSA) is 12.0 Å². The Kier molecular flexibility index (Phi) is 35.1. The number of rotatable bonds is 3. The van der Waals surface area contributed by atoms with Crippen LogP contribution in [0.3, 0.4) is 0 Å². The predicted molar refractivity (Wildman–Crippen MR) is 56.1 cm³/mol. The second kappa shape index (κ2) is 22.5. The fourth-order valence-corrected chi connectivity index (χ4v) is 0.433. The minimum Gasteiger partial charge on any atom is -0.315 e. The third kappa shape index (κ3) is 40.2. The molecule has 1 heteroatoms. The van der Waals surface area contributed by atoms with Gasteiger partial charge in [-0.05, 0) is 13.0 Å². The van der Waals surface area contributed by atoms with Gasteiger partial charge in [0.05, 0.1) is 0 Å². The highest BCUT2D eigenvalue weighted by atomic mass is 14.9. The van der Waals surface area contributed by atoms with E-state index in [2.05, 4.69) is 26.1 Å². The monoisotopic (exact) mass is 161 g/mol. The maximum Gasteiger partial charge on any atom is 0.00103 e. The SMILES string of the molecule is CC.CC.CCCNC(C)C. The van der Waals surface area contributed by atoms with Crippen molar-refractivity contribution in [3.05, 3.63) is 0 Å². The van der Waals surface area contributed by atoms with Crippen molar-refractivity contribution in [1.82, 2.24) is 5.32 Å². The Morgan fingerprint density at radius 1 is 1.00 bits per heavy atom. The highest BCUT2D eigenvalue weighted by Crippen LogP contribution is 1.76. The van der Waals surface area contributed by atoms with Crippen LogP contribution in [-0.4, -0.2) is 12.6 Å². The van der Waals surface area contributed by atoms with Crippen molar-refractivity contribution in [3.63, 3.8) is 0 Å². The molecule has 0 spiro atoms. The lowest BCUT2D eigenvalue weighted by atomic mass is 10.4. The van der Waals surface area contributed by atoms with Crippen LogP contribution in [0.15, 0.2) is 0 Å². The van der Waals surface area contributed by atoms with Crippen LogP contribution in [0, 0.1) is 0 Å². The zero-order chi connectivity index (χ0) is 9.70. The van der Waals surface area contributed by atoms with Crippen LogP contribution < -0.4 is 5.32 Å². The molecule has 0 aliphatic heterocycles. The van der Waals surface area contributed by atoms with Crippen molar-refractivity contribution < 1.29 is 0 Å². The van der Waals surface area contributed by atoms with Crippen molar-refractivity contribution in [3.8, 4) is 0 Å². The largest absolute Gasteiger partial charge is 0.315 e. The molecular weight excluding hydrogens is 134 g/mol. The molecule has 0 atom stereocenters. The van der Waals surface area contributed by atoms with E-state index in [9.17, 15) is 0 Å². The van der Waals surface area contributed by atoms with Gasteiger partial charge in [0.1, 0.15) is 0 Å². The Morgan fingerprint density at radius 3 is 1.45 bits per heavy atom. The highest BCUT2D eigenvalue weighted by Gasteiger charge is 1.85. The van der Waals surface area contributed by atoms with Gasteiger partial charge in [-0.15, -0.1) is 0 Å². The van der Waals surface area contributed by atoms with Crippen molar-refractivity contribution in [2.45, 2.75) is 60.9 Å². The normalized spacial score (nSPS) is 7.64. The summed E-state index contributed by atoms with van der Waals surface area (Å²) in [4.78, 5) is 0. The zero-order valence-corrected chi connectivity index (χ0v) is 9.49. The first-order valence-corrected chi connectivity index (χ1v) is 5.00.